The molecule has 2 atom stereocenters. The van der Waals surface area contributed by atoms with E-state index >= 15 is 0 Å². The smallest absolute Gasteiger partial charge is 0.122 e. The molecule has 0 bridgehead atoms. The van der Waals surface area contributed by atoms with Crippen molar-refractivity contribution in [2.45, 2.75) is 78.2 Å². The molecule has 2 N–H and O–H groups in total. The van der Waals surface area contributed by atoms with Crippen molar-refractivity contribution in [3.63, 3.8) is 0 Å². The monoisotopic (exact) mass is 291 g/mol. The van der Waals surface area contributed by atoms with Crippen molar-refractivity contribution in [1.82, 2.24) is 0 Å². The van der Waals surface area contributed by atoms with Gasteiger partial charge in [-0.3, -0.25) is 0 Å². The molecule has 0 aliphatic heterocycles. The molecule has 0 radical (unpaired) electrons. The van der Waals surface area contributed by atoms with Crippen LogP contribution in [-0.4, -0.2) is 12.6 Å². The number of ether oxygens (including phenoxy) is 1. The van der Waals surface area contributed by atoms with E-state index in [1.807, 2.05) is 6.92 Å². The van der Waals surface area contributed by atoms with Gasteiger partial charge in [0.1, 0.15) is 5.75 Å². The molecule has 0 heterocycles. The van der Waals surface area contributed by atoms with Gasteiger partial charge in [-0.2, -0.15) is 0 Å². The Hall–Kier alpha value is -1.02. The molecule has 0 amide bonds. The number of hydrogen-bond acceptors (Lipinski definition) is 2. The molecule has 1 aromatic carbocycles. The largest absolute Gasteiger partial charge is 0.494 e. The van der Waals surface area contributed by atoms with Gasteiger partial charge in [0.25, 0.3) is 0 Å². The van der Waals surface area contributed by atoms with E-state index in [1.165, 1.54) is 11.1 Å². The van der Waals surface area contributed by atoms with E-state index in [-0.39, 0.29) is 11.5 Å². The zero-order chi connectivity index (χ0) is 16.0. The second kappa shape index (κ2) is 7.84. The zero-order valence-corrected chi connectivity index (χ0v) is 14.7. The summed E-state index contributed by atoms with van der Waals surface area (Å²) in [4.78, 5) is 0. The maximum absolute atomic E-state index is 5.94. The predicted octanol–water partition coefficient (Wildman–Crippen LogP) is 5.00. The summed E-state index contributed by atoms with van der Waals surface area (Å²) in [6.07, 6.45) is 3.31. The fraction of sp³-hybridized carbons (Fsp3) is 0.684. The summed E-state index contributed by atoms with van der Waals surface area (Å²) >= 11 is 0. The molecule has 1 aromatic rings. The van der Waals surface area contributed by atoms with Crippen LogP contribution in [0.15, 0.2) is 18.2 Å². The van der Waals surface area contributed by atoms with Gasteiger partial charge in [0.05, 0.1) is 6.61 Å². The molecule has 0 saturated heterocycles. The molecule has 1 rings (SSSR count). The lowest BCUT2D eigenvalue weighted by Gasteiger charge is -2.25. The lowest BCUT2D eigenvalue weighted by molar-refractivity contribution is 0.331. The molecule has 2 unspecified atom stereocenters. The summed E-state index contributed by atoms with van der Waals surface area (Å²) in [6.45, 7) is 13.9. The van der Waals surface area contributed by atoms with Crippen molar-refractivity contribution in [1.29, 1.82) is 0 Å². The van der Waals surface area contributed by atoms with Crippen LogP contribution in [0.4, 0.5) is 0 Å². The number of nitrogens with two attached hydrogens (primary N) is 1. The second-order valence-corrected chi connectivity index (χ2v) is 7.10. The molecular formula is C19H33NO. The summed E-state index contributed by atoms with van der Waals surface area (Å²) < 4.78 is 5.86. The fourth-order valence-electron chi connectivity index (χ4n) is 2.66. The molecule has 0 spiro atoms. The highest BCUT2D eigenvalue weighted by Crippen LogP contribution is 2.36. The first-order chi connectivity index (χ1) is 9.79. The van der Waals surface area contributed by atoms with E-state index in [0.29, 0.717) is 12.5 Å². The third-order valence-corrected chi connectivity index (χ3v) is 4.08. The van der Waals surface area contributed by atoms with E-state index in [9.17, 15) is 0 Å². The highest BCUT2D eigenvalue weighted by molar-refractivity contribution is 5.42. The Kier molecular flexibility index (Phi) is 6.73. The van der Waals surface area contributed by atoms with E-state index in [1.54, 1.807) is 0 Å². The molecule has 2 nitrogen and oxygen atoms in total. The van der Waals surface area contributed by atoms with Crippen LogP contribution in [0.5, 0.6) is 5.75 Å². The Morgan fingerprint density at radius 2 is 1.81 bits per heavy atom. The third kappa shape index (κ3) is 5.35. The van der Waals surface area contributed by atoms with Crippen molar-refractivity contribution in [3.05, 3.63) is 29.3 Å². The number of rotatable bonds is 7. The first-order valence-corrected chi connectivity index (χ1v) is 8.32. The van der Waals surface area contributed by atoms with Crippen molar-refractivity contribution in [3.8, 4) is 5.75 Å². The third-order valence-electron chi connectivity index (χ3n) is 4.08. The van der Waals surface area contributed by atoms with Gasteiger partial charge in [-0.15, -0.1) is 0 Å². The van der Waals surface area contributed by atoms with Gasteiger partial charge in [-0.25, -0.2) is 0 Å². The van der Waals surface area contributed by atoms with Gasteiger partial charge < -0.3 is 10.5 Å². The summed E-state index contributed by atoms with van der Waals surface area (Å²) in [7, 11) is 0. The van der Waals surface area contributed by atoms with Crippen LogP contribution in [0.3, 0.4) is 0 Å². The van der Waals surface area contributed by atoms with E-state index in [4.69, 9.17) is 10.5 Å². The summed E-state index contributed by atoms with van der Waals surface area (Å²) in [5, 5.41) is 0. The van der Waals surface area contributed by atoms with Crippen molar-refractivity contribution in [2.24, 2.45) is 5.73 Å². The van der Waals surface area contributed by atoms with Crippen LogP contribution in [-0.2, 0) is 5.41 Å². The Labute approximate surface area is 131 Å². The zero-order valence-electron chi connectivity index (χ0n) is 14.7. The minimum absolute atomic E-state index is 0.166. The fourth-order valence-corrected chi connectivity index (χ4v) is 2.66. The first kappa shape index (κ1) is 18.0. The predicted molar refractivity (Wildman–Crippen MR) is 92.2 cm³/mol. The van der Waals surface area contributed by atoms with Crippen LogP contribution < -0.4 is 10.5 Å². The normalized spacial score (nSPS) is 14.8. The number of benzene rings is 1. The first-order valence-electron chi connectivity index (χ1n) is 8.32. The van der Waals surface area contributed by atoms with Gasteiger partial charge in [-0.05, 0) is 61.6 Å². The van der Waals surface area contributed by atoms with Crippen molar-refractivity contribution in [2.75, 3.05) is 6.61 Å². The average Bonchev–Trinajstić information content (AvgIpc) is 2.39. The maximum atomic E-state index is 5.94. The van der Waals surface area contributed by atoms with E-state index in [0.717, 1.165) is 25.0 Å². The maximum Gasteiger partial charge on any atom is 0.122 e. The summed E-state index contributed by atoms with van der Waals surface area (Å²) in [6, 6.07) is 6.96. The molecular weight excluding hydrogens is 258 g/mol. The summed E-state index contributed by atoms with van der Waals surface area (Å²) in [5.41, 5.74) is 8.83. The van der Waals surface area contributed by atoms with Crippen molar-refractivity contribution < 1.29 is 4.74 Å². The Morgan fingerprint density at radius 3 is 2.29 bits per heavy atom. The molecule has 120 valence electrons. The Balaban J connectivity index is 3.13. The quantitative estimate of drug-likeness (QED) is 0.767. The van der Waals surface area contributed by atoms with E-state index < -0.39 is 0 Å². The lowest BCUT2D eigenvalue weighted by Crippen LogP contribution is -2.17. The van der Waals surface area contributed by atoms with Gasteiger partial charge in [0.15, 0.2) is 0 Å². The van der Waals surface area contributed by atoms with Crippen LogP contribution in [0.25, 0.3) is 0 Å². The molecule has 2 heteroatoms. The minimum atomic E-state index is 0.166. The average molecular weight is 291 g/mol. The molecule has 0 fully saturated rings. The topological polar surface area (TPSA) is 35.2 Å². The highest BCUT2D eigenvalue weighted by Gasteiger charge is 2.20. The molecule has 0 aliphatic carbocycles. The SMILES string of the molecule is CCOc1ccc(C(C)(C)C)cc1C(CC)CCC(C)N. The van der Waals surface area contributed by atoms with Crippen molar-refractivity contribution >= 4 is 0 Å². The van der Waals surface area contributed by atoms with Crippen LogP contribution in [0.1, 0.15) is 77.8 Å². The molecule has 0 aliphatic rings. The highest BCUT2D eigenvalue weighted by atomic mass is 16.5. The van der Waals surface area contributed by atoms with Gasteiger partial charge >= 0.3 is 0 Å². The van der Waals surface area contributed by atoms with Gasteiger partial charge in [0, 0.05) is 6.04 Å². The summed E-state index contributed by atoms with van der Waals surface area (Å²) in [5.74, 6) is 1.57. The number of hydrogen-bond donors (Lipinski definition) is 1. The molecule has 21 heavy (non-hydrogen) atoms. The Morgan fingerprint density at radius 1 is 1.14 bits per heavy atom. The minimum Gasteiger partial charge on any atom is -0.494 e. The Bertz CT molecular complexity index is 432. The van der Waals surface area contributed by atoms with Gasteiger partial charge in [0.2, 0.25) is 0 Å². The molecule has 0 saturated carbocycles. The van der Waals surface area contributed by atoms with Crippen LogP contribution >= 0.6 is 0 Å². The van der Waals surface area contributed by atoms with Crippen LogP contribution in [0.2, 0.25) is 0 Å². The lowest BCUT2D eigenvalue weighted by atomic mass is 9.82. The molecule has 0 aromatic heterocycles. The standard InChI is InChI=1S/C19H33NO/c1-7-15(10-9-14(3)20)17-13-16(19(4,5)6)11-12-18(17)21-8-2/h11-15H,7-10,20H2,1-6H3. The second-order valence-electron chi connectivity index (χ2n) is 7.10. The van der Waals surface area contributed by atoms with E-state index in [2.05, 4.69) is 52.8 Å². The van der Waals surface area contributed by atoms with Crippen LogP contribution in [0, 0.1) is 0 Å². The van der Waals surface area contributed by atoms with Gasteiger partial charge in [-0.1, -0.05) is 39.8 Å².